The van der Waals surface area contributed by atoms with Crippen LogP contribution >= 0.6 is 0 Å². The molecule has 1 saturated carbocycles. The van der Waals surface area contributed by atoms with Crippen molar-refractivity contribution in [1.82, 2.24) is 15.5 Å². The maximum absolute atomic E-state index is 13.0. The highest BCUT2D eigenvalue weighted by Gasteiger charge is 2.56. The minimum atomic E-state index is -0.907. The normalized spacial score (nSPS) is 27.0. The molecule has 2 N–H and O–H groups in total. The van der Waals surface area contributed by atoms with E-state index in [0.717, 1.165) is 16.9 Å². The summed E-state index contributed by atoms with van der Waals surface area (Å²) in [6, 6.07) is 5.26. The number of carbonyl (C=O) groups is 3. The number of urea groups is 1. The molecule has 1 spiro atoms. The van der Waals surface area contributed by atoms with E-state index in [-0.39, 0.29) is 30.2 Å². The Labute approximate surface area is 158 Å². The molecule has 6 nitrogen and oxygen atoms in total. The van der Waals surface area contributed by atoms with Crippen LogP contribution in [0.1, 0.15) is 45.6 Å². The van der Waals surface area contributed by atoms with E-state index in [1.807, 2.05) is 0 Å². The molecule has 7 heteroatoms. The minimum Gasteiger partial charge on any atom is -0.350 e. The minimum absolute atomic E-state index is 0.0541. The number of halogens is 1. The van der Waals surface area contributed by atoms with Crippen molar-refractivity contribution in [2.45, 2.75) is 52.1 Å². The number of hydrogen-bond donors (Lipinski definition) is 2. The number of carbonyl (C=O) groups excluding carboxylic acids is 3. The molecule has 1 aliphatic carbocycles. The second-order valence-electron chi connectivity index (χ2n) is 8.66. The SMILES string of the molecule is C[C@@H]1CC(C)(C)C[C@@]2(C1)NC(=O)N(CC(=O)NCc1ccc(F)cc1)C2=O. The third-order valence-corrected chi connectivity index (χ3v) is 5.33. The highest BCUT2D eigenvalue weighted by atomic mass is 19.1. The Bertz CT molecular complexity index is 762. The molecule has 2 atom stereocenters. The van der Waals surface area contributed by atoms with E-state index >= 15 is 0 Å². The number of nitrogens with zero attached hydrogens (tertiary/aromatic N) is 1. The molecule has 1 aromatic rings. The molecule has 3 rings (SSSR count). The summed E-state index contributed by atoms with van der Waals surface area (Å²) >= 11 is 0. The van der Waals surface area contributed by atoms with Crippen LogP contribution in [0.5, 0.6) is 0 Å². The largest absolute Gasteiger partial charge is 0.350 e. The Morgan fingerprint density at radius 1 is 1.26 bits per heavy atom. The zero-order chi connectivity index (χ0) is 19.8. The Morgan fingerprint density at radius 2 is 1.93 bits per heavy atom. The molecule has 1 aliphatic heterocycles. The van der Waals surface area contributed by atoms with Gasteiger partial charge in [0.1, 0.15) is 17.9 Å². The maximum atomic E-state index is 13.0. The van der Waals surface area contributed by atoms with Crippen LogP contribution in [-0.2, 0) is 16.1 Å². The summed E-state index contributed by atoms with van der Waals surface area (Å²) in [4.78, 5) is 38.6. The predicted molar refractivity (Wildman–Crippen MR) is 98.0 cm³/mol. The summed E-state index contributed by atoms with van der Waals surface area (Å²) in [6.07, 6.45) is 2.16. The number of hydrogen-bond acceptors (Lipinski definition) is 3. The molecular formula is C20H26FN3O3. The quantitative estimate of drug-likeness (QED) is 0.794. The van der Waals surface area contributed by atoms with E-state index in [1.165, 1.54) is 12.1 Å². The molecule has 27 heavy (non-hydrogen) atoms. The zero-order valence-corrected chi connectivity index (χ0v) is 16.0. The molecule has 0 bridgehead atoms. The summed E-state index contributed by atoms with van der Waals surface area (Å²) in [6.45, 7) is 6.17. The Morgan fingerprint density at radius 3 is 2.56 bits per heavy atom. The average molecular weight is 375 g/mol. The first-order valence-electron chi connectivity index (χ1n) is 9.25. The summed E-state index contributed by atoms with van der Waals surface area (Å²) in [5.41, 5.74) is -0.224. The Balaban J connectivity index is 1.63. The number of imide groups is 1. The highest BCUT2D eigenvalue weighted by Crippen LogP contribution is 2.46. The van der Waals surface area contributed by atoms with Crippen LogP contribution in [0.25, 0.3) is 0 Å². The van der Waals surface area contributed by atoms with Gasteiger partial charge in [-0.05, 0) is 48.3 Å². The fourth-order valence-corrected chi connectivity index (χ4v) is 4.65. The molecule has 1 heterocycles. The van der Waals surface area contributed by atoms with Crippen LogP contribution < -0.4 is 10.6 Å². The van der Waals surface area contributed by atoms with Crippen LogP contribution in [0.4, 0.5) is 9.18 Å². The third kappa shape index (κ3) is 4.12. The first-order valence-corrected chi connectivity index (χ1v) is 9.25. The van der Waals surface area contributed by atoms with Gasteiger partial charge < -0.3 is 10.6 Å². The predicted octanol–water partition coefficient (Wildman–Crippen LogP) is 2.58. The van der Waals surface area contributed by atoms with E-state index in [4.69, 9.17) is 0 Å². The maximum Gasteiger partial charge on any atom is 0.325 e. The van der Waals surface area contributed by atoms with Gasteiger partial charge in [-0.1, -0.05) is 32.9 Å². The lowest BCUT2D eigenvalue weighted by molar-refractivity contribution is -0.137. The summed E-state index contributed by atoms with van der Waals surface area (Å²) in [7, 11) is 0. The van der Waals surface area contributed by atoms with Crippen LogP contribution in [0, 0.1) is 17.2 Å². The van der Waals surface area contributed by atoms with Gasteiger partial charge in [0, 0.05) is 6.54 Å². The topological polar surface area (TPSA) is 78.5 Å². The van der Waals surface area contributed by atoms with Crippen molar-refractivity contribution < 1.29 is 18.8 Å². The van der Waals surface area contributed by atoms with Gasteiger partial charge in [0.25, 0.3) is 5.91 Å². The molecular weight excluding hydrogens is 349 g/mol. The monoisotopic (exact) mass is 375 g/mol. The molecule has 0 unspecified atom stereocenters. The molecule has 0 radical (unpaired) electrons. The van der Waals surface area contributed by atoms with Crippen molar-refractivity contribution in [2.24, 2.45) is 11.3 Å². The summed E-state index contributed by atoms with van der Waals surface area (Å²) < 4.78 is 12.9. The van der Waals surface area contributed by atoms with E-state index in [2.05, 4.69) is 31.4 Å². The highest BCUT2D eigenvalue weighted by molar-refractivity contribution is 6.09. The molecule has 146 valence electrons. The zero-order valence-electron chi connectivity index (χ0n) is 16.0. The molecule has 2 fully saturated rings. The standard InChI is InChI=1S/C20H26FN3O3/c1-13-8-19(2,3)12-20(9-13)17(26)24(18(27)23-20)11-16(25)22-10-14-4-6-15(21)7-5-14/h4-7,13H,8-12H2,1-3H3,(H,22,25)(H,23,27)/t13-,20-/m1/s1. The van der Waals surface area contributed by atoms with E-state index in [0.29, 0.717) is 18.8 Å². The van der Waals surface area contributed by atoms with Crippen molar-refractivity contribution in [3.05, 3.63) is 35.6 Å². The molecule has 4 amide bonds. The van der Waals surface area contributed by atoms with Crippen molar-refractivity contribution >= 4 is 17.8 Å². The number of benzene rings is 1. The Kier molecular flexibility index (Phi) is 4.97. The lowest BCUT2D eigenvalue weighted by Crippen LogP contribution is -2.54. The van der Waals surface area contributed by atoms with Gasteiger partial charge in [0.05, 0.1) is 0 Å². The molecule has 2 aliphatic rings. The van der Waals surface area contributed by atoms with Crippen LogP contribution in [0.2, 0.25) is 0 Å². The second kappa shape index (κ2) is 6.94. The van der Waals surface area contributed by atoms with Gasteiger partial charge in [0.15, 0.2) is 0 Å². The first-order chi connectivity index (χ1) is 12.6. The molecule has 1 saturated heterocycles. The van der Waals surface area contributed by atoms with Gasteiger partial charge in [-0.15, -0.1) is 0 Å². The van der Waals surface area contributed by atoms with Crippen molar-refractivity contribution in [3.8, 4) is 0 Å². The third-order valence-electron chi connectivity index (χ3n) is 5.33. The number of amides is 4. The van der Waals surface area contributed by atoms with E-state index < -0.39 is 17.5 Å². The van der Waals surface area contributed by atoms with Crippen LogP contribution in [0.3, 0.4) is 0 Å². The smallest absolute Gasteiger partial charge is 0.325 e. The van der Waals surface area contributed by atoms with Crippen molar-refractivity contribution in [1.29, 1.82) is 0 Å². The average Bonchev–Trinajstić information content (AvgIpc) is 2.76. The summed E-state index contributed by atoms with van der Waals surface area (Å²) in [5, 5.41) is 5.52. The lowest BCUT2D eigenvalue weighted by Gasteiger charge is -2.43. The lowest BCUT2D eigenvalue weighted by atomic mass is 9.64. The van der Waals surface area contributed by atoms with Crippen LogP contribution in [-0.4, -0.2) is 34.8 Å². The van der Waals surface area contributed by atoms with Crippen LogP contribution in [0.15, 0.2) is 24.3 Å². The molecule has 0 aromatic heterocycles. The van der Waals surface area contributed by atoms with Gasteiger partial charge in [0.2, 0.25) is 5.91 Å². The summed E-state index contributed by atoms with van der Waals surface area (Å²) in [5.74, 6) is -0.781. The fourth-order valence-electron chi connectivity index (χ4n) is 4.65. The number of nitrogens with one attached hydrogen (secondary N) is 2. The van der Waals surface area contributed by atoms with Gasteiger partial charge in [-0.25, -0.2) is 9.18 Å². The fraction of sp³-hybridized carbons (Fsp3) is 0.550. The van der Waals surface area contributed by atoms with Gasteiger partial charge >= 0.3 is 6.03 Å². The van der Waals surface area contributed by atoms with Crippen molar-refractivity contribution in [2.75, 3.05) is 6.54 Å². The van der Waals surface area contributed by atoms with E-state index in [1.54, 1.807) is 12.1 Å². The van der Waals surface area contributed by atoms with Gasteiger partial charge in [-0.3, -0.25) is 14.5 Å². The first kappa shape index (κ1) is 19.3. The van der Waals surface area contributed by atoms with E-state index in [9.17, 15) is 18.8 Å². The van der Waals surface area contributed by atoms with Gasteiger partial charge in [-0.2, -0.15) is 0 Å². The molecule has 1 aromatic carbocycles. The van der Waals surface area contributed by atoms with Crippen molar-refractivity contribution in [3.63, 3.8) is 0 Å². The number of rotatable bonds is 4. The Hall–Kier alpha value is -2.44. The second-order valence-corrected chi connectivity index (χ2v) is 8.66.